The number of pyridine rings is 1. The Morgan fingerprint density at radius 2 is 1.94 bits per heavy atom. The van der Waals surface area contributed by atoms with E-state index in [1.165, 1.54) is 0 Å². The van der Waals surface area contributed by atoms with Crippen LogP contribution in [-0.2, 0) is 6.61 Å². The highest BCUT2D eigenvalue weighted by atomic mass is 16.3. The van der Waals surface area contributed by atoms with Crippen molar-refractivity contribution in [1.82, 2.24) is 15.0 Å². The summed E-state index contributed by atoms with van der Waals surface area (Å²) in [7, 11) is 0. The van der Waals surface area contributed by atoms with Crippen LogP contribution in [0.1, 0.15) is 5.69 Å². The molecule has 0 aliphatic carbocycles. The van der Waals surface area contributed by atoms with Crippen LogP contribution >= 0.6 is 0 Å². The number of hydrogen-bond donors (Lipinski definition) is 1. The number of hydrogen-bond acceptors (Lipinski definition) is 4. The SMILES string of the molecule is OCc1ccnc(-c2ccc3ncccc3c2)n1. The molecule has 0 radical (unpaired) electrons. The highest BCUT2D eigenvalue weighted by Crippen LogP contribution is 2.20. The second-order valence-corrected chi connectivity index (χ2v) is 3.94. The van der Waals surface area contributed by atoms with Crippen LogP contribution in [0.4, 0.5) is 0 Å². The fraction of sp³-hybridized carbons (Fsp3) is 0.0714. The van der Waals surface area contributed by atoms with E-state index in [9.17, 15) is 0 Å². The Balaban J connectivity index is 2.13. The summed E-state index contributed by atoms with van der Waals surface area (Å²) in [6.07, 6.45) is 3.42. The number of aliphatic hydroxyl groups excluding tert-OH is 1. The second-order valence-electron chi connectivity index (χ2n) is 3.94. The predicted octanol–water partition coefficient (Wildman–Crippen LogP) is 2.18. The van der Waals surface area contributed by atoms with E-state index in [0.717, 1.165) is 16.5 Å². The average Bonchev–Trinajstić information content (AvgIpc) is 2.47. The van der Waals surface area contributed by atoms with Crippen LogP contribution in [-0.4, -0.2) is 20.1 Å². The molecule has 88 valence electrons. The summed E-state index contributed by atoms with van der Waals surface area (Å²) < 4.78 is 0. The van der Waals surface area contributed by atoms with Crippen molar-refractivity contribution in [2.75, 3.05) is 0 Å². The van der Waals surface area contributed by atoms with E-state index in [1.807, 2.05) is 30.3 Å². The zero-order chi connectivity index (χ0) is 12.4. The lowest BCUT2D eigenvalue weighted by Crippen LogP contribution is -1.94. The molecule has 2 heterocycles. The molecule has 0 bridgehead atoms. The fourth-order valence-electron chi connectivity index (χ4n) is 1.84. The normalized spacial score (nSPS) is 10.7. The number of aromatic nitrogens is 3. The third-order valence-corrected chi connectivity index (χ3v) is 2.74. The van der Waals surface area contributed by atoms with Crippen LogP contribution in [0.2, 0.25) is 0 Å². The monoisotopic (exact) mass is 237 g/mol. The van der Waals surface area contributed by atoms with Gasteiger partial charge in [-0.05, 0) is 30.3 Å². The molecule has 0 unspecified atom stereocenters. The number of aliphatic hydroxyl groups is 1. The predicted molar refractivity (Wildman–Crippen MR) is 68.7 cm³/mol. The number of fused-ring (bicyclic) bond motifs is 1. The molecule has 4 heteroatoms. The van der Waals surface area contributed by atoms with E-state index < -0.39 is 0 Å². The molecule has 18 heavy (non-hydrogen) atoms. The molecule has 0 aliphatic heterocycles. The minimum Gasteiger partial charge on any atom is -0.390 e. The van der Waals surface area contributed by atoms with Gasteiger partial charge in [0, 0.05) is 23.3 Å². The minimum atomic E-state index is -0.0787. The van der Waals surface area contributed by atoms with Gasteiger partial charge in [0.15, 0.2) is 5.82 Å². The van der Waals surface area contributed by atoms with Crippen molar-refractivity contribution in [2.45, 2.75) is 6.61 Å². The van der Waals surface area contributed by atoms with E-state index in [0.29, 0.717) is 11.5 Å². The Bertz CT molecular complexity index is 697. The van der Waals surface area contributed by atoms with E-state index in [2.05, 4.69) is 15.0 Å². The van der Waals surface area contributed by atoms with Gasteiger partial charge in [-0.2, -0.15) is 0 Å². The molecular weight excluding hydrogens is 226 g/mol. The topological polar surface area (TPSA) is 58.9 Å². The maximum absolute atomic E-state index is 9.08. The van der Waals surface area contributed by atoms with Crippen LogP contribution in [0.5, 0.6) is 0 Å². The molecule has 0 aliphatic rings. The third-order valence-electron chi connectivity index (χ3n) is 2.74. The van der Waals surface area contributed by atoms with Crippen molar-refractivity contribution in [3.63, 3.8) is 0 Å². The number of benzene rings is 1. The number of nitrogens with zero attached hydrogens (tertiary/aromatic N) is 3. The quantitative estimate of drug-likeness (QED) is 0.742. The maximum atomic E-state index is 9.08. The molecule has 4 nitrogen and oxygen atoms in total. The van der Waals surface area contributed by atoms with Gasteiger partial charge in [0.1, 0.15) is 0 Å². The Kier molecular flexibility index (Phi) is 2.70. The fourth-order valence-corrected chi connectivity index (χ4v) is 1.84. The molecule has 1 aromatic carbocycles. The summed E-state index contributed by atoms with van der Waals surface area (Å²) in [5.41, 5.74) is 2.48. The summed E-state index contributed by atoms with van der Waals surface area (Å²) in [4.78, 5) is 12.8. The molecule has 0 atom stereocenters. The van der Waals surface area contributed by atoms with Gasteiger partial charge in [-0.15, -0.1) is 0 Å². The van der Waals surface area contributed by atoms with Crippen LogP contribution in [0.3, 0.4) is 0 Å². The van der Waals surface area contributed by atoms with E-state index in [1.54, 1.807) is 18.5 Å². The van der Waals surface area contributed by atoms with Crippen LogP contribution in [0.25, 0.3) is 22.3 Å². The summed E-state index contributed by atoms with van der Waals surface area (Å²) in [6.45, 7) is -0.0787. The van der Waals surface area contributed by atoms with E-state index in [4.69, 9.17) is 5.11 Å². The van der Waals surface area contributed by atoms with Gasteiger partial charge in [-0.25, -0.2) is 9.97 Å². The van der Waals surface area contributed by atoms with Crippen LogP contribution < -0.4 is 0 Å². The van der Waals surface area contributed by atoms with Gasteiger partial charge in [0.2, 0.25) is 0 Å². The van der Waals surface area contributed by atoms with Crippen LogP contribution in [0.15, 0.2) is 48.8 Å². The molecule has 0 spiro atoms. The van der Waals surface area contributed by atoms with Gasteiger partial charge in [0.25, 0.3) is 0 Å². The minimum absolute atomic E-state index is 0.0787. The lowest BCUT2D eigenvalue weighted by atomic mass is 10.1. The Morgan fingerprint density at radius 1 is 1.00 bits per heavy atom. The molecule has 1 N–H and O–H groups in total. The number of rotatable bonds is 2. The Hall–Kier alpha value is -2.33. The molecule has 3 aromatic rings. The average molecular weight is 237 g/mol. The molecule has 0 saturated heterocycles. The van der Waals surface area contributed by atoms with Gasteiger partial charge in [0.05, 0.1) is 17.8 Å². The van der Waals surface area contributed by atoms with Crippen molar-refractivity contribution in [3.05, 3.63) is 54.5 Å². The highest BCUT2D eigenvalue weighted by Gasteiger charge is 2.03. The lowest BCUT2D eigenvalue weighted by molar-refractivity contribution is 0.277. The largest absolute Gasteiger partial charge is 0.390 e. The van der Waals surface area contributed by atoms with E-state index in [-0.39, 0.29) is 6.61 Å². The summed E-state index contributed by atoms with van der Waals surface area (Å²) >= 11 is 0. The zero-order valence-electron chi connectivity index (χ0n) is 9.61. The maximum Gasteiger partial charge on any atom is 0.159 e. The highest BCUT2D eigenvalue weighted by molar-refractivity contribution is 5.82. The summed E-state index contributed by atoms with van der Waals surface area (Å²) in [5.74, 6) is 0.618. The lowest BCUT2D eigenvalue weighted by Gasteiger charge is -2.03. The van der Waals surface area contributed by atoms with E-state index >= 15 is 0 Å². The summed E-state index contributed by atoms with van der Waals surface area (Å²) in [6, 6.07) is 11.5. The van der Waals surface area contributed by atoms with Crippen LogP contribution in [0, 0.1) is 0 Å². The smallest absolute Gasteiger partial charge is 0.159 e. The first-order chi connectivity index (χ1) is 8.86. The molecule has 0 amide bonds. The Morgan fingerprint density at radius 3 is 2.83 bits per heavy atom. The van der Waals surface area contributed by atoms with Crippen molar-refractivity contribution in [2.24, 2.45) is 0 Å². The molecule has 0 fully saturated rings. The van der Waals surface area contributed by atoms with Crippen molar-refractivity contribution in [1.29, 1.82) is 0 Å². The van der Waals surface area contributed by atoms with Gasteiger partial charge in [-0.3, -0.25) is 4.98 Å². The second kappa shape index (κ2) is 4.50. The van der Waals surface area contributed by atoms with Crippen molar-refractivity contribution in [3.8, 4) is 11.4 Å². The van der Waals surface area contributed by atoms with Gasteiger partial charge < -0.3 is 5.11 Å². The third kappa shape index (κ3) is 1.94. The molecule has 2 aromatic heterocycles. The summed E-state index contributed by atoms with van der Waals surface area (Å²) in [5, 5.41) is 10.1. The Labute approximate surface area is 104 Å². The van der Waals surface area contributed by atoms with Gasteiger partial charge >= 0.3 is 0 Å². The first-order valence-electron chi connectivity index (χ1n) is 5.65. The zero-order valence-corrected chi connectivity index (χ0v) is 9.61. The molecular formula is C14H11N3O. The molecule has 3 rings (SSSR count). The first kappa shape index (κ1) is 10.8. The standard InChI is InChI=1S/C14H11N3O/c18-9-12-5-7-16-14(17-12)11-3-4-13-10(8-11)2-1-6-15-13/h1-8,18H,9H2. The first-order valence-corrected chi connectivity index (χ1v) is 5.65. The van der Waals surface area contributed by atoms with Crippen molar-refractivity contribution >= 4 is 10.9 Å². The van der Waals surface area contributed by atoms with Gasteiger partial charge in [-0.1, -0.05) is 6.07 Å². The molecule has 0 saturated carbocycles. The van der Waals surface area contributed by atoms with Crippen molar-refractivity contribution < 1.29 is 5.11 Å².